The molecule has 110 valence electrons. The molecule has 20 heavy (non-hydrogen) atoms. The van der Waals surface area contributed by atoms with Crippen LogP contribution in [-0.4, -0.2) is 34.5 Å². The zero-order chi connectivity index (χ0) is 15.1. The molecule has 2 heterocycles. The minimum Gasteiger partial charge on any atom is -0.399 e. The van der Waals surface area contributed by atoms with Crippen LogP contribution in [0.4, 0.5) is 0 Å². The number of hydrogen-bond acceptors (Lipinski definition) is 4. The first-order valence-electron chi connectivity index (χ1n) is 6.80. The van der Waals surface area contributed by atoms with Crippen LogP contribution in [-0.2, 0) is 15.7 Å². The smallest absolute Gasteiger partial charge is 0.399 e. The lowest BCUT2D eigenvalue weighted by molar-refractivity contribution is 0.00578. The molecule has 1 aromatic rings. The minimum atomic E-state index is -0.538. The summed E-state index contributed by atoms with van der Waals surface area (Å²) < 4.78 is 12.1. The summed E-state index contributed by atoms with van der Waals surface area (Å²) in [5, 5.41) is 10.1. The zero-order valence-electron chi connectivity index (χ0n) is 12.6. The van der Waals surface area contributed by atoms with Crippen molar-refractivity contribution < 1.29 is 14.4 Å². The van der Waals surface area contributed by atoms with Gasteiger partial charge in [0.15, 0.2) is 0 Å². The highest BCUT2D eigenvalue weighted by atomic mass is 35.5. The van der Waals surface area contributed by atoms with Gasteiger partial charge in [0, 0.05) is 17.9 Å². The summed E-state index contributed by atoms with van der Waals surface area (Å²) in [7, 11) is -0.538. The molecule has 1 fully saturated rings. The molecule has 2 rings (SSSR count). The first-order valence-corrected chi connectivity index (χ1v) is 7.18. The normalized spacial score (nSPS) is 22.1. The molecule has 1 aliphatic rings. The molecule has 0 saturated carbocycles. The molecule has 0 radical (unpaired) electrons. The Hall–Kier alpha value is -0.615. The fraction of sp³-hybridized carbons (Fsp3) is 0.643. The van der Waals surface area contributed by atoms with E-state index >= 15 is 0 Å². The van der Waals surface area contributed by atoms with Gasteiger partial charge in [-0.2, -0.15) is 0 Å². The van der Waals surface area contributed by atoms with Gasteiger partial charge in [0.2, 0.25) is 0 Å². The van der Waals surface area contributed by atoms with Gasteiger partial charge in [-0.15, -0.1) is 0 Å². The second kappa shape index (κ2) is 5.30. The molecular formula is C14H21BClNO3. The number of nitrogens with zero attached hydrogens (tertiary/aromatic N) is 1. The SMILES string of the molecule is CC(O)Cc1cncc(Cl)c1B1OC(C)(C)C(C)(C)O1. The lowest BCUT2D eigenvalue weighted by atomic mass is 9.75. The Morgan fingerprint density at radius 2 is 1.80 bits per heavy atom. The summed E-state index contributed by atoms with van der Waals surface area (Å²) in [4.78, 5) is 4.09. The molecule has 0 spiro atoms. The van der Waals surface area contributed by atoms with Crippen LogP contribution >= 0.6 is 11.6 Å². The van der Waals surface area contributed by atoms with Crippen molar-refractivity contribution in [1.29, 1.82) is 0 Å². The second-order valence-electron chi connectivity index (χ2n) is 6.34. The average Bonchev–Trinajstić information content (AvgIpc) is 2.46. The van der Waals surface area contributed by atoms with Gasteiger partial charge < -0.3 is 14.4 Å². The predicted octanol–water partition coefficient (Wildman–Crippen LogP) is 1.96. The largest absolute Gasteiger partial charge is 0.496 e. The molecule has 1 unspecified atom stereocenters. The van der Waals surface area contributed by atoms with Crippen LogP contribution < -0.4 is 5.46 Å². The Bertz CT molecular complexity index is 489. The number of halogens is 1. The molecule has 6 heteroatoms. The summed E-state index contributed by atoms with van der Waals surface area (Å²) in [6.07, 6.45) is 3.27. The lowest BCUT2D eigenvalue weighted by Gasteiger charge is -2.32. The molecule has 4 nitrogen and oxygen atoms in total. The standard InChI is InChI=1S/C14H21BClNO3/c1-9(18)6-10-7-17-8-11(16)12(10)15-19-13(2,3)14(4,5)20-15/h7-9,18H,6H2,1-5H3. The van der Waals surface area contributed by atoms with Gasteiger partial charge >= 0.3 is 7.12 Å². The number of hydrogen-bond donors (Lipinski definition) is 1. The van der Waals surface area contributed by atoms with Crippen molar-refractivity contribution in [1.82, 2.24) is 4.98 Å². The molecular weight excluding hydrogens is 276 g/mol. The van der Waals surface area contributed by atoms with E-state index in [0.717, 1.165) is 11.0 Å². The van der Waals surface area contributed by atoms with Crippen molar-refractivity contribution in [3.05, 3.63) is 23.0 Å². The maximum absolute atomic E-state index is 9.62. The van der Waals surface area contributed by atoms with Crippen molar-refractivity contribution in [2.24, 2.45) is 0 Å². The molecule has 0 bridgehead atoms. The van der Waals surface area contributed by atoms with Crippen molar-refractivity contribution in [2.45, 2.75) is 58.3 Å². The third-order valence-electron chi connectivity index (χ3n) is 4.03. The molecule has 1 aromatic heterocycles. The maximum Gasteiger partial charge on any atom is 0.496 e. The van der Waals surface area contributed by atoms with E-state index in [1.54, 1.807) is 19.3 Å². The topological polar surface area (TPSA) is 51.6 Å². The van der Waals surface area contributed by atoms with Gasteiger partial charge in [-0.1, -0.05) is 11.6 Å². The number of aliphatic hydroxyl groups excluding tert-OH is 1. The Kier molecular flexibility index (Phi) is 4.18. The highest BCUT2D eigenvalue weighted by Crippen LogP contribution is 2.37. The van der Waals surface area contributed by atoms with E-state index in [2.05, 4.69) is 4.98 Å². The minimum absolute atomic E-state index is 0.424. The van der Waals surface area contributed by atoms with Crippen LogP contribution in [0.25, 0.3) is 0 Å². The number of aromatic nitrogens is 1. The number of rotatable bonds is 3. The summed E-state index contributed by atoms with van der Waals surface area (Å²) >= 11 is 6.27. The van der Waals surface area contributed by atoms with Crippen LogP contribution in [0, 0.1) is 0 Å². The summed E-state index contributed by atoms with van der Waals surface area (Å²) in [6.45, 7) is 9.72. The quantitative estimate of drug-likeness (QED) is 0.867. The summed E-state index contributed by atoms with van der Waals surface area (Å²) in [6, 6.07) is 0. The third kappa shape index (κ3) is 2.86. The monoisotopic (exact) mass is 297 g/mol. The molecule has 0 aliphatic carbocycles. The van der Waals surface area contributed by atoms with Gasteiger partial charge in [-0.25, -0.2) is 0 Å². The van der Waals surface area contributed by atoms with Gasteiger partial charge in [-0.05, 0) is 46.6 Å². The van der Waals surface area contributed by atoms with Crippen LogP contribution in [0.3, 0.4) is 0 Å². The number of aliphatic hydroxyl groups is 1. The second-order valence-corrected chi connectivity index (χ2v) is 6.74. The van der Waals surface area contributed by atoms with Crippen molar-refractivity contribution in [2.75, 3.05) is 0 Å². The molecule has 0 aromatic carbocycles. The molecule has 1 atom stereocenters. The van der Waals surface area contributed by atoms with E-state index in [0.29, 0.717) is 11.4 Å². The highest BCUT2D eigenvalue weighted by molar-refractivity contribution is 6.66. The Balaban J connectivity index is 2.39. The van der Waals surface area contributed by atoms with Gasteiger partial charge in [0.25, 0.3) is 0 Å². The fourth-order valence-electron chi connectivity index (χ4n) is 2.19. The molecule has 1 aliphatic heterocycles. The van der Waals surface area contributed by atoms with E-state index < -0.39 is 24.4 Å². The Labute approximate surface area is 125 Å². The van der Waals surface area contributed by atoms with E-state index in [9.17, 15) is 5.11 Å². The Morgan fingerprint density at radius 1 is 1.25 bits per heavy atom. The fourth-order valence-corrected chi connectivity index (χ4v) is 2.46. The highest BCUT2D eigenvalue weighted by Gasteiger charge is 2.52. The zero-order valence-corrected chi connectivity index (χ0v) is 13.4. The van der Waals surface area contributed by atoms with E-state index in [1.165, 1.54) is 0 Å². The summed E-state index contributed by atoms with van der Waals surface area (Å²) in [5.74, 6) is 0. The van der Waals surface area contributed by atoms with Gasteiger partial charge in [0.05, 0.1) is 22.3 Å². The first kappa shape index (κ1) is 15.8. The van der Waals surface area contributed by atoms with Crippen LogP contribution in [0.15, 0.2) is 12.4 Å². The van der Waals surface area contributed by atoms with E-state index in [4.69, 9.17) is 20.9 Å². The van der Waals surface area contributed by atoms with Crippen molar-refractivity contribution >= 4 is 24.2 Å². The summed E-state index contributed by atoms with van der Waals surface area (Å²) in [5.41, 5.74) is 0.769. The van der Waals surface area contributed by atoms with Crippen LogP contribution in [0.5, 0.6) is 0 Å². The Morgan fingerprint density at radius 3 is 2.30 bits per heavy atom. The lowest BCUT2D eigenvalue weighted by Crippen LogP contribution is -2.41. The molecule has 1 saturated heterocycles. The number of pyridine rings is 1. The predicted molar refractivity (Wildman–Crippen MR) is 80.3 cm³/mol. The first-order chi connectivity index (χ1) is 9.14. The maximum atomic E-state index is 9.62. The molecule has 0 amide bonds. The van der Waals surface area contributed by atoms with E-state index in [1.807, 2.05) is 27.7 Å². The van der Waals surface area contributed by atoms with E-state index in [-0.39, 0.29) is 0 Å². The third-order valence-corrected chi connectivity index (χ3v) is 4.33. The van der Waals surface area contributed by atoms with Gasteiger partial charge in [0.1, 0.15) is 0 Å². The average molecular weight is 298 g/mol. The van der Waals surface area contributed by atoms with Crippen LogP contribution in [0.1, 0.15) is 40.2 Å². The van der Waals surface area contributed by atoms with Gasteiger partial charge in [-0.3, -0.25) is 4.98 Å². The van der Waals surface area contributed by atoms with Crippen molar-refractivity contribution in [3.8, 4) is 0 Å². The van der Waals surface area contributed by atoms with Crippen LogP contribution in [0.2, 0.25) is 5.02 Å². The molecule has 1 N–H and O–H groups in total. The van der Waals surface area contributed by atoms with Crippen molar-refractivity contribution in [3.63, 3.8) is 0 Å².